The van der Waals surface area contributed by atoms with E-state index in [4.69, 9.17) is 15.5 Å². The van der Waals surface area contributed by atoms with Crippen LogP contribution in [0.15, 0.2) is 35.6 Å². The highest BCUT2D eigenvalue weighted by atomic mass is 32.2. The normalized spacial score (nSPS) is 22.5. The predicted molar refractivity (Wildman–Crippen MR) is 179 cm³/mol. The fourth-order valence-electron chi connectivity index (χ4n) is 7.40. The second kappa shape index (κ2) is 13.6. The topological polar surface area (TPSA) is 128 Å². The summed E-state index contributed by atoms with van der Waals surface area (Å²) in [6, 6.07) is 5.89. The van der Waals surface area contributed by atoms with E-state index in [9.17, 15) is 22.8 Å². The highest BCUT2D eigenvalue weighted by molar-refractivity contribution is 7.99. The van der Waals surface area contributed by atoms with Gasteiger partial charge in [0.15, 0.2) is 6.67 Å². The third-order valence-electron chi connectivity index (χ3n) is 9.98. The van der Waals surface area contributed by atoms with Crippen molar-refractivity contribution in [1.82, 2.24) is 25.1 Å². The quantitative estimate of drug-likeness (QED) is 0.225. The number of pyridine rings is 1. The van der Waals surface area contributed by atoms with Gasteiger partial charge in [0.05, 0.1) is 49.5 Å². The summed E-state index contributed by atoms with van der Waals surface area (Å²) in [5, 5.41) is 11.9. The molecule has 6 rings (SSSR count). The lowest BCUT2D eigenvalue weighted by Gasteiger charge is -2.44. The van der Waals surface area contributed by atoms with Crippen LogP contribution in [0.2, 0.25) is 0 Å². The fraction of sp³-hybridized carbons (Fsp3) is 0.559. The molecule has 2 fully saturated rings. The van der Waals surface area contributed by atoms with E-state index in [2.05, 4.69) is 22.4 Å². The van der Waals surface area contributed by atoms with Gasteiger partial charge in [0, 0.05) is 35.9 Å². The van der Waals surface area contributed by atoms with Crippen molar-refractivity contribution in [2.45, 2.75) is 75.8 Å². The summed E-state index contributed by atoms with van der Waals surface area (Å²) in [4.78, 5) is 32.7. The lowest BCUT2D eigenvalue weighted by Crippen LogP contribution is -2.59. The maximum Gasteiger partial charge on any atom is 0.416 e. The van der Waals surface area contributed by atoms with Crippen LogP contribution in [0, 0.1) is 5.92 Å². The number of ether oxygens (including phenoxy) is 1. The van der Waals surface area contributed by atoms with Crippen LogP contribution in [0.1, 0.15) is 72.0 Å². The van der Waals surface area contributed by atoms with Gasteiger partial charge in [-0.25, -0.2) is 4.98 Å². The van der Waals surface area contributed by atoms with E-state index < -0.39 is 29.1 Å². The first-order valence-corrected chi connectivity index (χ1v) is 17.7. The number of thioether (sulfide) groups is 1. The van der Waals surface area contributed by atoms with Crippen molar-refractivity contribution in [2.75, 3.05) is 43.6 Å². The molecular formula is C34H44F3N8O3S+. The van der Waals surface area contributed by atoms with E-state index in [0.717, 1.165) is 30.0 Å². The Kier molecular flexibility index (Phi) is 9.83. The van der Waals surface area contributed by atoms with E-state index in [1.807, 2.05) is 30.7 Å². The number of fused-ring (bicyclic) bond motifs is 1. The molecule has 2 amide bonds. The van der Waals surface area contributed by atoms with Crippen molar-refractivity contribution in [1.29, 1.82) is 0 Å². The van der Waals surface area contributed by atoms with Crippen LogP contribution in [-0.2, 0) is 47.7 Å². The molecule has 3 aromatic rings. The fourth-order valence-corrected chi connectivity index (χ4v) is 8.06. The van der Waals surface area contributed by atoms with Gasteiger partial charge >= 0.3 is 6.18 Å². The number of nitrogens with one attached hydrogen (secondary N) is 1. The number of piperidine rings is 1. The molecule has 2 saturated heterocycles. The van der Waals surface area contributed by atoms with Crippen molar-refractivity contribution in [3.05, 3.63) is 64.2 Å². The molecule has 2 unspecified atom stereocenters. The Hall–Kier alpha value is -3.53. The zero-order valence-electron chi connectivity index (χ0n) is 28.3. The Balaban J connectivity index is 1.36. The van der Waals surface area contributed by atoms with Gasteiger partial charge in [0.25, 0.3) is 5.91 Å². The van der Waals surface area contributed by atoms with Gasteiger partial charge in [-0.3, -0.25) is 14.5 Å². The molecule has 1 aromatic carbocycles. The summed E-state index contributed by atoms with van der Waals surface area (Å²) in [5.74, 6) is 1.30. The molecule has 3 aliphatic rings. The number of hydrogen-bond acceptors (Lipinski definition) is 8. The summed E-state index contributed by atoms with van der Waals surface area (Å²) in [6.07, 6.45) is -0.618. The van der Waals surface area contributed by atoms with Crippen LogP contribution in [0.5, 0.6) is 0 Å². The highest BCUT2D eigenvalue weighted by Gasteiger charge is 2.45. The first-order chi connectivity index (χ1) is 23.2. The summed E-state index contributed by atoms with van der Waals surface area (Å²) in [7, 11) is 1.87. The molecule has 264 valence electrons. The minimum atomic E-state index is -4.68. The molecule has 0 aliphatic carbocycles. The van der Waals surface area contributed by atoms with Crippen molar-refractivity contribution in [3.8, 4) is 0 Å². The molecule has 5 heterocycles. The number of carbonyl (C=O) groups is 2. The number of benzene rings is 1. The van der Waals surface area contributed by atoms with E-state index in [-0.39, 0.29) is 36.8 Å². The molecule has 0 saturated carbocycles. The lowest BCUT2D eigenvalue weighted by atomic mass is 9.76. The molecule has 3 atom stereocenters. The lowest BCUT2D eigenvalue weighted by molar-refractivity contribution is -0.949. The van der Waals surface area contributed by atoms with Crippen LogP contribution in [-0.4, -0.2) is 80.8 Å². The Labute approximate surface area is 288 Å². The van der Waals surface area contributed by atoms with Crippen LogP contribution in [0.3, 0.4) is 0 Å². The Morgan fingerprint density at radius 2 is 2.04 bits per heavy atom. The molecule has 0 bridgehead atoms. The highest BCUT2D eigenvalue weighted by Crippen LogP contribution is 2.43. The number of carbonyl (C=O) groups excluding carboxylic acids is 2. The number of hydrogen-bond donors (Lipinski definition) is 2. The van der Waals surface area contributed by atoms with Gasteiger partial charge in [0.2, 0.25) is 5.91 Å². The number of aromatic nitrogens is 4. The summed E-state index contributed by atoms with van der Waals surface area (Å²) in [6.45, 7) is 8.18. The van der Waals surface area contributed by atoms with Gasteiger partial charge in [-0.15, -0.1) is 22.0 Å². The van der Waals surface area contributed by atoms with E-state index >= 15 is 0 Å². The number of halogens is 3. The average Bonchev–Trinajstić information content (AvgIpc) is 3.58. The molecule has 15 heteroatoms. The van der Waals surface area contributed by atoms with E-state index in [1.54, 1.807) is 19.3 Å². The van der Waals surface area contributed by atoms with Gasteiger partial charge in [-0.1, -0.05) is 13.8 Å². The standard InChI is InChI=1S/C34H43F3N8O3S/c1-5-49-30-12-24(33(17-48-18-33)13-29-42-40-19-43(29)4)11-28(41-30)44-14-26-25(32(44)47)9-23(10-27(26)34(35,36)37)16-45(8-6-7-21(2)15-45)20-39-31(46)22(3)38/h9-12,19,21-22H,5-8,13-18,20,38H2,1-4H3/p+1/t21?,22-,45?/m0/s1. The monoisotopic (exact) mass is 701 g/mol. The Morgan fingerprint density at radius 3 is 2.65 bits per heavy atom. The zero-order chi connectivity index (χ0) is 35.1. The number of likely N-dealkylation sites (tertiary alicyclic amines) is 1. The van der Waals surface area contributed by atoms with Gasteiger partial charge in [-0.05, 0) is 60.9 Å². The second-order valence-corrected chi connectivity index (χ2v) is 15.3. The van der Waals surface area contributed by atoms with Crippen LogP contribution < -0.4 is 16.0 Å². The number of nitrogens with zero attached hydrogens (tertiary/aromatic N) is 6. The number of alkyl halides is 3. The van der Waals surface area contributed by atoms with Crippen LogP contribution >= 0.6 is 11.8 Å². The first-order valence-electron chi connectivity index (χ1n) is 16.7. The van der Waals surface area contributed by atoms with Gasteiger partial charge in [0.1, 0.15) is 24.5 Å². The average molecular weight is 702 g/mol. The molecule has 0 radical (unpaired) electrons. The number of aryl methyl sites for hydroxylation is 1. The smallest absolute Gasteiger partial charge is 0.379 e. The van der Waals surface area contributed by atoms with E-state index in [1.165, 1.54) is 22.7 Å². The molecule has 3 N–H and O–H groups in total. The number of rotatable bonds is 11. The minimum absolute atomic E-state index is 0.0327. The van der Waals surface area contributed by atoms with Crippen molar-refractivity contribution >= 4 is 29.4 Å². The molecule has 2 aromatic heterocycles. The number of nitrogens with two attached hydrogens (primary N) is 1. The van der Waals surface area contributed by atoms with Gasteiger partial charge < -0.3 is 24.8 Å². The first kappa shape index (κ1) is 35.3. The van der Waals surface area contributed by atoms with Crippen molar-refractivity contribution in [3.63, 3.8) is 0 Å². The number of quaternary nitrogens is 1. The Morgan fingerprint density at radius 1 is 1.27 bits per heavy atom. The third kappa shape index (κ3) is 7.21. The zero-order valence-corrected chi connectivity index (χ0v) is 29.2. The largest absolute Gasteiger partial charge is 0.416 e. The molecular weight excluding hydrogens is 657 g/mol. The minimum Gasteiger partial charge on any atom is -0.379 e. The predicted octanol–water partition coefficient (Wildman–Crippen LogP) is 4.18. The van der Waals surface area contributed by atoms with Crippen molar-refractivity contribution < 1.29 is 32.0 Å². The van der Waals surface area contributed by atoms with Crippen LogP contribution in [0.4, 0.5) is 19.0 Å². The number of anilines is 1. The summed E-state index contributed by atoms with van der Waals surface area (Å²) < 4.78 is 52.2. The van der Waals surface area contributed by atoms with E-state index in [0.29, 0.717) is 59.5 Å². The summed E-state index contributed by atoms with van der Waals surface area (Å²) >= 11 is 1.50. The maximum atomic E-state index is 14.8. The third-order valence-corrected chi connectivity index (χ3v) is 10.8. The maximum absolute atomic E-state index is 14.8. The molecule has 3 aliphatic heterocycles. The van der Waals surface area contributed by atoms with Crippen LogP contribution in [0.25, 0.3) is 0 Å². The molecule has 0 spiro atoms. The van der Waals surface area contributed by atoms with Gasteiger partial charge in [-0.2, -0.15) is 13.2 Å². The SMILES string of the molecule is CCSc1cc(C2(Cc3nncn3C)COC2)cc(N2Cc3c(cc(C[N+]4(CNC(=O)[C@H](C)N)CCCC(C)C4)cc3C(F)(F)F)C2=O)n1. The second-order valence-electron chi connectivity index (χ2n) is 14.0. The molecule has 49 heavy (non-hydrogen) atoms. The number of amides is 2. The van der Waals surface area contributed by atoms with Crippen molar-refractivity contribution in [2.24, 2.45) is 18.7 Å². The molecule has 11 nitrogen and oxygen atoms in total. The Bertz CT molecular complexity index is 1730. The summed E-state index contributed by atoms with van der Waals surface area (Å²) in [5.41, 5.74) is 5.80.